The van der Waals surface area contributed by atoms with Gasteiger partial charge in [0.15, 0.2) is 5.60 Å². The van der Waals surface area contributed by atoms with Crippen molar-refractivity contribution in [2.24, 2.45) is 0 Å². The van der Waals surface area contributed by atoms with Crippen molar-refractivity contribution in [3.8, 4) is 11.5 Å². The van der Waals surface area contributed by atoms with Gasteiger partial charge in [0, 0.05) is 6.54 Å². The lowest BCUT2D eigenvalue weighted by molar-refractivity contribution is -0.152. The highest BCUT2D eigenvalue weighted by atomic mass is 16.5. The van der Waals surface area contributed by atoms with Crippen molar-refractivity contribution in [1.29, 1.82) is 0 Å². The Bertz CT molecular complexity index is 685. The third kappa shape index (κ3) is 6.41. The number of aryl methyl sites for hydroxylation is 1. The summed E-state index contributed by atoms with van der Waals surface area (Å²) in [6.07, 6.45) is 1.75. The van der Waals surface area contributed by atoms with Gasteiger partial charge in [-0.3, -0.25) is 0 Å². The first kappa shape index (κ1) is 19.8. The minimum atomic E-state index is -1.25. The number of hydrogen-bond donors (Lipinski definition) is 2. The average Bonchev–Trinajstić information content (AvgIpc) is 2.62. The number of carboxylic acid groups (broad SMARTS) is 1. The van der Waals surface area contributed by atoms with Crippen LogP contribution in [0.1, 0.15) is 25.8 Å². The fraction of sp³-hybridized carbons (Fsp3) is 0.381. The fourth-order valence-corrected chi connectivity index (χ4v) is 2.42. The lowest BCUT2D eigenvalue weighted by Crippen LogP contribution is -2.38. The molecule has 0 bridgehead atoms. The van der Waals surface area contributed by atoms with E-state index in [2.05, 4.69) is 5.32 Å². The lowest BCUT2D eigenvalue weighted by atomic mass is 10.1. The second-order valence-corrected chi connectivity index (χ2v) is 6.54. The maximum Gasteiger partial charge on any atom is 0.347 e. The third-order valence-corrected chi connectivity index (χ3v) is 3.94. The van der Waals surface area contributed by atoms with Crippen molar-refractivity contribution in [1.82, 2.24) is 5.32 Å². The standard InChI is InChI=1S/C21H27NO4/c1-21(2,20(23)24)26-19-13-7-6-9-17(19)10-8-14-22-15-16-25-18-11-4-3-5-12-18/h3-7,9,11-13,22H,8,10,14-16H2,1-2H3,(H,23,24). The highest BCUT2D eigenvalue weighted by Gasteiger charge is 2.29. The zero-order valence-corrected chi connectivity index (χ0v) is 15.4. The molecule has 0 aliphatic heterocycles. The van der Waals surface area contributed by atoms with Crippen molar-refractivity contribution in [3.63, 3.8) is 0 Å². The van der Waals surface area contributed by atoms with Crippen LogP contribution in [0.2, 0.25) is 0 Å². The van der Waals surface area contributed by atoms with Crippen LogP contribution in [0.4, 0.5) is 0 Å². The molecule has 0 unspecified atom stereocenters. The summed E-state index contributed by atoms with van der Waals surface area (Å²) in [5, 5.41) is 12.6. The van der Waals surface area contributed by atoms with Crippen LogP contribution in [0.15, 0.2) is 54.6 Å². The molecule has 0 aromatic heterocycles. The van der Waals surface area contributed by atoms with Gasteiger partial charge in [-0.25, -0.2) is 4.79 Å². The molecule has 0 aliphatic carbocycles. The van der Waals surface area contributed by atoms with Gasteiger partial charge in [0.25, 0.3) is 0 Å². The molecule has 0 amide bonds. The van der Waals surface area contributed by atoms with Crippen molar-refractivity contribution in [2.45, 2.75) is 32.3 Å². The smallest absolute Gasteiger partial charge is 0.347 e. The first-order chi connectivity index (χ1) is 12.5. The van der Waals surface area contributed by atoms with Crippen LogP contribution in [0.5, 0.6) is 11.5 Å². The van der Waals surface area contributed by atoms with E-state index in [0.717, 1.165) is 37.2 Å². The van der Waals surface area contributed by atoms with Crippen molar-refractivity contribution in [3.05, 3.63) is 60.2 Å². The van der Waals surface area contributed by atoms with E-state index in [-0.39, 0.29) is 0 Å². The summed E-state index contributed by atoms with van der Waals surface area (Å²) < 4.78 is 11.3. The third-order valence-electron chi connectivity index (χ3n) is 3.94. The van der Waals surface area contributed by atoms with E-state index in [1.807, 2.05) is 54.6 Å². The van der Waals surface area contributed by atoms with Gasteiger partial charge in [-0.2, -0.15) is 0 Å². The molecule has 0 saturated carbocycles. The molecule has 0 saturated heterocycles. The summed E-state index contributed by atoms with van der Waals surface area (Å²) in [7, 11) is 0. The molecule has 26 heavy (non-hydrogen) atoms. The SMILES string of the molecule is CC(C)(Oc1ccccc1CCCNCCOc1ccccc1)C(=O)O. The van der Waals surface area contributed by atoms with E-state index in [1.165, 1.54) is 0 Å². The van der Waals surface area contributed by atoms with E-state index >= 15 is 0 Å². The first-order valence-corrected chi connectivity index (χ1v) is 8.88. The predicted molar refractivity (Wildman–Crippen MR) is 102 cm³/mol. The van der Waals surface area contributed by atoms with E-state index in [0.29, 0.717) is 12.4 Å². The molecular weight excluding hydrogens is 330 g/mol. The molecular formula is C21H27NO4. The normalized spacial score (nSPS) is 11.2. The zero-order valence-electron chi connectivity index (χ0n) is 15.4. The highest BCUT2D eigenvalue weighted by molar-refractivity contribution is 5.76. The molecule has 0 spiro atoms. The Hall–Kier alpha value is -2.53. The summed E-state index contributed by atoms with van der Waals surface area (Å²) >= 11 is 0. The number of ether oxygens (including phenoxy) is 2. The molecule has 140 valence electrons. The maximum absolute atomic E-state index is 11.3. The number of carbonyl (C=O) groups is 1. The Morgan fingerprint density at radius 1 is 1.04 bits per heavy atom. The Kier molecular flexibility index (Phi) is 7.48. The van der Waals surface area contributed by atoms with Gasteiger partial charge in [0.05, 0.1) is 0 Å². The Labute approximate surface area is 155 Å². The number of rotatable bonds is 11. The van der Waals surface area contributed by atoms with Crippen molar-refractivity contribution < 1.29 is 19.4 Å². The van der Waals surface area contributed by atoms with Gasteiger partial charge >= 0.3 is 5.97 Å². The zero-order chi connectivity index (χ0) is 18.8. The number of para-hydroxylation sites is 2. The summed E-state index contributed by atoms with van der Waals surface area (Å²) in [6, 6.07) is 17.3. The second-order valence-electron chi connectivity index (χ2n) is 6.54. The quantitative estimate of drug-likeness (QED) is 0.602. The van der Waals surface area contributed by atoms with Crippen LogP contribution in [0.3, 0.4) is 0 Å². The largest absolute Gasteiger partial charge is 0.492 e. The summed E-state index contributed by atoms with van der Waals surface area (Å²) in [5.74, 6) is 0.529. The Morgan fingerprint density at radius 3 is 2.46 bits per heavy atom. The van der Waals surface area contributed by atoms with Crippen LogP contribution in [-0.4, -0.2) is 36.4 Å². The average molecular weight is 357 g/mol. The molecule has 0 radical (unpaired) electrons. The van der Waals surface area contributed by atoms with Gasteiger partial charge in [-0.15, -0.1) is 0 Å². The molecule has 2 N–H and O–H groups in total. The summed E-state index contributed by atoms with van der Waals surface area (Å²) in [5.41, 5.74) is -0.229. The van der Waals surface area contributed by atoms with Crippen LogP contribution in [0, 0.1) is 0 Å². The first-order valence-electron chi connectivity index (χ1n) is 8.88. The molecule has 2 rings (SSSR count). The fourth-order valence-electron chi connectivity index (χ4n) is 2.42. The molecule has 5 heteroatoms. The molecule has 2 aromatic carbocycles. The van der Waals surface area contributed by atoms with E-state index in [4.69, 9.17) is 9.47 Å². The Morgan fingerprint density at radius 2 is 1.73 bits per heavy atom. The van der Waals surface area contributed by atoms with Gasteiger partial charge < -0.3 is 19.9 Å². The van der Waals surface area contributed by atoms with Crippen LogP contribution in [-0.2, 0) is 11.2 Å². The highest BCUT2D eigenvalue weighted by Crippen LogP contribution is 2.24. The van der Waals surface area contributed by atoms with Gasteiger partial charge in [-0.1, -0.05) is 36.4 Å². The molecule has 0 atom stereocenters. The minimum Gasteiger partial charge on any atom is -0.492 e. The maximum atomic E-state index is 11.3. The number of nitrogens with one attached hydrogen (secondary N) is 1. The number of hydrogen-bond acceptors (Lipinski definition) is 4. The molecule has 5 nitrogen and oxygen atoms in total. The van der Waals surface area contributed by atoms with Gasteiger partial charge in [0.2, 0.25) is 0 Å². The van der Waals surface area contributed by atoms with Crippen LogP contribution < -0.4 is 14.8 Å². The summed E-state index contributed by atoms with van der Waals surface area (Å²) in [4.78, 5) is 11.3. The molecule has 2 aromatic rings. The molecule has 0 fully saturated rings. The van der Waals surface area contributed by atoms with E-state index in [9.17, 15) is 9.90 Å². The van der Waals surface area contributed by atoms with Gasteiger partial charge in [-0.05, 0) is 57.0 Å². The van der Waals surface area contributed by atoms with Crippen LogP contribution in [0.25, 0.3) is 0 Å². The van der Waals surface area contributed by atoms with Crippen molar-refractivity contribution in [2.75, 3.05) is 19.7 Å². The summed E-state index contributed by atoms with van der Waals surface area (Å²) in [6.45, 7) is 5.37. The monoisotopic (exact) mass is 357 g/mol. The second kappa shape index (κ2) is 9.82. The van der Waals surface area contributed by atoms with Gasteiger partial charge in [0.1, 0.15) is 18.1 Å². The lowest BCUT2D eigenvalue weighted by Gasteiger charge is -2.23. The molecule has 0 heterocycles. The number of benzene rings is 2. The predicted octanol–water partition coefficient (Wildman–Crippen LogP) is 3.53. The number of carboxylic acids is 1. The van der Waals surface area contributed by atoms with Crippen molar-refractivity contribution >= 4 is 5.97 Å². The topological polar surface area (TPSA) is 67.8 Å². The molecule has 0 aliphatic rings. The minimum absolute atomic E-state index is 0.622. The number of aliphatic carboxylic acids is 1. The Balaban J connectivity index is 1.70. The van der Waals surface area contributed by atoms with E-state index < -0.39 is 11.6 Å². The van der Waals surface area contributed by atoms with Crippen LogP contribution >= 0.6 is 0 Å². The van der Waals surface area contributed by atoms with E-state index in [1.54, 1.807) is 13.8 Å².